The van der Waals surface area contributed by atoms with E-state index in [0.717, 1.165) is 0 Å². The van der Waals surface area contributed by atoms with Crippen molar-refractivity contribution >= 4 is 15.8 Å². The zero-order chi connectivity index (χ0) is 16.7. The number of carboxylic acid groups (broad SMARTS) is 1. The van der Waals surface area contributed by atoms with Crippen molar-refractivity contribution in [3.63, 3.8) is 0 Å². The Morgan fingerprint density at radius 3 is 2.00 bits per heavy atom. The largest absolute Gasteiger partial charge is 0.481 e. The maximum Gasteiger partial charge on any atom is 0.314 e. The molecule has 3 atom stereocenters. The fraction of sp³-hybridized carbons (Fsp3) is 0.235. The van der Waals surface area contributed by atoms with E-state index < -0.39 is 39.0 Å². The Morgan fingerprint density at radius 2 is 1.52 bits per heavy atom. The van der Waals surface area contributed by atoms with Crippen LogP contribution in [0.5, 0.6) is 0 Å². The highest BCUT2D eigenvalue weighted by Crippen LogP contribution is 2.63. The molecule has 0 unspecified atom stereocenters. The highest BCUT2D eigenvalue weighted by atomic mass is 32.2. The molecule has 1 saturated carbocycles. The second-order valence-corrected chi connectivity index (χ2v) is 7.74. The van der Waals surface area contributed by atoms with Crippen molar-refractivity contribution in [1.82, 2.24) is 0 Å². The third kappa shape index (κ3) is 2.26. The molecular weight excluding hydrogens is 316 g/mol. The Balaban J connectivity index is 2.12. The first-order chi connectivity index (χ1) is 11.0. The summed E-state index contributed by atoms with van der Waals surface area (Å²) in [5.41, 5.74) is -1.09. The normalized spacial score (nSPS) is 26.7. The number of carbonyl (C=O) groups is 1. The molecule has 6 heteroatoms. The van der Waals surface area contributed by atoms with Crippen LogP contribution in [0, 0.1) is 5.41 Å². The van der Waals surface area contributed by atoms with Gasteiger partial charge < -0.3 is 10.2 Å². The van der Waals surface area contributed by atoms with Crippen molar-refractivity contribution in [2.45, 2.75) is 16.1 Å². The van der Waals surface area contributed by atoms with E-state index in [9.17, 15) is 23.4 Å². The minimum atomic E-state index is -3.87. The maximum atomic E-state index is 12.9. The molecule has 0 radical (unpaired) electrons. The summed E-state index contributed by atoms with van der Waals surface area (Å²) < 4.78 is 25.8. The highest BCUT2D eigenvalue weighted by molar-refractivity contribution is 7.92. The molecule has 2 aromatic carbocycles. The van der Waals surface area contributed by atoms with Gasteiger partial charge in [0.15, 0.2) is 9.84 Å². The first-order valence-corrected chi connectivity index (χ1v) is 8.69. The first kappa shape index (κ1) is 15.7. The quantitative estimate of drug-likeness (QED) is 0.869. The summed E-state index contributed by atoms with van der Waals surface area (Å²) in [5, 5.41) is 18.1. The molecule has 120 valence electrons. The van der Waals surface area contributed by atoms with E-state index in [-0.39, 0.29) is 4.90 Å². The lowest BCUT2D eigenvalue weighted by Crippen LogP contribution is -2.27. The summed E-state index contributed by atoms with van der Waals surface area (Å²) in [6, 6.07) is 16.4. The van der Waals surface area contributed by atoms with Gasteiger partial charge in [0.2, 0.25) is 0 Å². The monoisotopic (exact) mass is 332 g/mol. The molecule has 1 aliphatic rings. The van der Waals surface area contributed by atoms with E-state index in [1.165, 1.54) is 12.1 Å². The van der Waals surface area contributed by atoms with Crippen LogP contribution in [0.25, 0.3) is 0 Å². The van der Waals surface area contributed by atoms with Crippen molar-refractivity contribution in [3.8, 4) is 0 Å². The predicted molar refractivity (Wildman–Crippen MR) is 83.8 cm³/mol. The van der Waals surface area contributed by atoms with Crippen LogP contribution < -0.4 is 0 Å². The van der Waals surface area contributed by atoms with Gasteiger partial charge in [-0.25, -0.2) is 8.42 Å². The molecule has 0 amide bonds. The number of hydrogen-bond donors (Lipinski definition) is 2. The topological polar surface area (TPSA) is 91.7 Å². The molecule has 0 aromatic heterocycles. The number of rotatable bonds is 5. The van der Waals surface area contributed by atoms with Crippen molar-refractivity contribution in [2.24, 2.45) is 5.41 Å². The van der Waals surface area contributed by atoms with Crippen molar-refractivity contribution in [2.75, 3.05) is 6.61 Å². The van der Waals surface area contributed by atoms with Crippen LogP contribution in [0.3, 0.4) is 0 Å². The first-order valence-electron chi connectivity index (χ1n) is 7.14. The fourth-order valence-electron chi connectivity index (χ4n) is 3.26. The highest BCUT2D eigenvalue weighted by Gasteiger charge is 2.75. The van der Waals surface area contributed by atoms with Gasteiger partial charge >= 0.3 is 5.97 Å². The predicted octanol–water partition coefficient (Wildman–Crippen LogP) is 1.69. The molecule has 2 aromatic rings. The second-order valence-electron chi connectivity index (χ2n) is 5.67. The lowest BCUT2D eigenvalue weighted by Gasteiger charge is -2.09. The molecule has 0 spiro atoms. The molecule has 3 rings (SSSR count). The Bertz CT molecular complexity index is 817. The van der Waals surface area contributed by atoms with Crippen molar-refractivity contribution in [3.05, 3.63) is 66.2 Å². The van der Waals surface area contributed by atoms with Gasteiger partial charge in [-0.3, -0.25) is 4.79 Å². The number of hydrogen-bond acceptors (Lipinski definition) is 4. The molecule has 2 N–H and O–H groups in total. The number of carboxylic acids is 1. The van der Waals surface area contributed by atoms with Gasteiger partial charge in [0.05, 0.1) is 16.8 Å². The maximum absolute atomic E-state index is 12.9. The van der Waals surface area contributed by atoms with Crippen LogP contribution in [-0.2, 0) is 14.6 Å². The van der Waals surface area contributed by atoms with Gasteiger partial charge in [0.25, 0.3) is 0 Å². The van der Waals surface area contributed by atoms with Crippen LogP contribution in [0.4, 0.5) is 0 Å². The molecule has 23 heavy (non-hydrogen) atoms. The number of benzene rings is 2. The Labute approximate surface area is 134 Å². The zero-order valence-electron chi connectivity index (χ0n) is 12.2. The Morgan fingerprint density at radius 1 is 1.00 bits per heavy atom. The minimum Gasteiger partial charge on any atom is -0.481 e. The molecule has 0 aliphatic heterocycles. The van der Waals surface area contributed by atoms with E-state index in [1.54, 1.807) is 48.5 Å². The van der Waals surface area contributed by atoms with Crippen molar-refractivity contribution < 1.29 is 23.4 Å². The van der Waals surface area contributed by atoms with Gasteiger partial charge in [-0.05, 0) is 17.7 Å². The summed E-state index contributed by atoms with van der Waals surface area (Å²) in [6.07, 6.45) is 0. The Kier molecular flexibility index (Phi) is 3.74. The van der Waals surface area contributed by atoms with E-state index in [0.29, 0.717) is 5.56 Å². The number of aliphatic hydroxyl groups is 1. The summed E-state index contributed by atoms with van der Waals surface area (Å²) in [4.78, 5) is 11.8. The van der Waals surface area contributed by atoms with Crippen LogP contribution >= 0.6 is 0 Å². The lowest BCUT2D eigenvalue weighted by atomic mass is 10.0. The standard InChI is InChI=1S/C17H16O5S/c18-11-17(16(19)20)14(12-7-3-1-4-8-12)15(17)23(21,22)13-9-5-2-6-10-13/h1-10,14-15,18H,11H2,(H,19,20)/t14-,15-,17-/m0/s1. The average molecular weight is 332 g/mol. The molecule has 0 heterocycles. The third-order valence-electron chi connectivity index (χ3n) is 4.48. The Hall–Kier alpha value is -2.18. The zero-order valence-corrected chi connectivity index (χ0v) is 13.0. The van der Waals surface area contributed by atoms with E-state index in [2.05, 4.69) is 0 Å². The van der Waals surface area contributed by atoms with Gasteiger partial charge in [-0.15, -0.1) is 0 Å². The van der Waals surface area contributed by atoms with Crippen LogP contribution in [0.1, 0.15) is 11.5 Å². The van der Waals surface area contributed by atoms with Crippen LogP contribution in [-0.4, -0.2) is 36.5 Å². The summed E-state index contributed by atoms with van der Waals surface area (Å²) in [7, 11) is -3.87. The lowest BCUT2D eigenvalue weighted by molar-refractivity contribution is -0.145. The van der Waals surface area contributed by atoms with Crippen LogP contribution in [0.2, 0.25) is 0 Å². The molecule has 1 fully saturated rings. The summed E-state index contributed by atoms with van der Waals surface area (Å²) in [6.45, 7) is -0.724. The minimum absolute atomic E-state index is 0.0718. The second kappa shape index (κ2) is 5.47. The van der Waals surface area contributed by atoms with Gasteiger partial charge in [-0.2, -0.15) is 0 Å². The van der Waals surface area contributed by atoms with E-state index in [4.69, 9.17) is 0 Å². The number of aliphatic hydroxyl groups excluding tert-OH is 1. The fourth-order valence-corrected chi connectivity index (χ4v) is 5.65. The SMILES string of the molecule is O=C(O)[C@@]1(CO)[C@@H](c2ccccc2)[C@@H]1S(=O)(=O)c1ccccc1. The summed E-state index contributed by atoms with van der Waals surface area (Å²) in [5.74, 6) is -2.06. The van der Waals surface area contributed by atoms with E-state index in [1.807, 2.05) is 0 Å². The number of sulfone groups is 1. The molecule has 0 bridgehead atoms. The molecule has 5 nitrogen and oxygen atoms in total. The number of aliphatic carboxylic acids is 1. The third-order valence-corrected chi connectivity index (χ3v) is 6.77. The van der Waals surface area contributed by atoms with Crippen molar-refractivity contribution in [1.29, 1.82) is 0 Å². The molecule has 0 saturated heterocycles. The van der Waals surface area contributed by atoms with Gasteiger partial charge in [0.1, 0.15) is 5.41 Å². The molecule has 1 aliphatic carbocycles. The summed E-state index contributed by atoms with van der Waals surface area (Å²) >= 11 is 0. The van der Waals surface area contributed by atoms with Gasteiger partial charge in [0, 0.05) is 5.92 Å². The van der Waals surface area contributed by atoms with Gasteiger partial charge in [-0.1, -0.05) is 48.5 Å². The molecular formula is C17H16O5S. The van der Waals surface area contributed by atoms with Crippen LogP contribution in [0.15, 0.2) is 65.6 Å². The average Bonchev–Trinajstić information content (AvgIpc) is 3.28. The van der Waals surface area contributed by atoms with E-state index >= 15 is 0 Å². The smallest absolute Gasteiger partial charge is 0.314 e.